The zero-order chi connectivity index (χ0) is 12.3. The van der Waals surface area contributed by atoms with Crippen LogP contribution in [0, 0.1) is 12.7 Å². The van der Waals surface area contributed by atoms with Crippen molar-refractivity contribution in [2.45, 2.75) is 44.0 Å². The summed E-state index contributed by atoms with van der Waals surface area (Å²) in [5.74, 6) is -0.0949. The Kier molecular flexibility index (Phi) is 4.46. The van der Waals surface area contributed by atoms with Crippen molar-refractivity contribution >= 4 is 11.8 Å². The van der Waals surface area contributed by atoms with Crippen LogP contribution in [0.2, 0.25) is 0 Å². The lowest BCUT2D eigenvalue weighted by molar-refractivity contribution is 0.509. The van der Waals surface area contributed by atoms with E-state index < -0.39 is 0 Å². The molecule has 1 saturated carbocycles. The maximum atomic E-state index is 13.5. The average Bonchev–Trinajstić information content (AvgIpc) is 2.78. The third-order valence-electron chi connectivity index (χ3n) is 3.50. The number of hydrogen-bond acceptors (Lipinski definition) is 2. The van der Waals surface area contributed by atoms with E-state index in [1.165, 1.54) is 19.3 Å². The van der Waals surface area contributed by atoms with Gasteiger partial charge in [-0.25, -0.2) is 4.39 Å². The van der Waals surface area contributed by atoms with Gasteiger partial charge in [0.15, 0.2) is 0 Å². The summed E-state index contributed by atoms with van der Waals surface area (Å²) in [6.07, 6.45) is 5.90. The second kappa shape index (κ2) is 5.87. The lowest BCUT2D eigenvalue weighted by Gasteiger charge is -2.13. The lowest BCUT2D eigenvalue weighted by Crippen LogP contribution is -2.26. The van der Waals surface area contributed by atoms with Crippen LogP contribution in [0.5, 0.6) is 0 Å². The topological polar surface area (TPSA) is 12.0 Å². The molecule has 0 bridgehead atoms. The minimum atomic E-state index is -0.0949. The van der Waals surface area contributed by atoms with Gasteiger partial charge in [0.25, 0.3) is 0 Å². The van der Waals surface area contributed by atoms with Gasteiger partial charge in [0.2, 0.25) is 0 Å². The minimum Gasteiger partial charge on any atom is -0.310 e. The Morgan fingerprint density at radius 1 is 1.41 bits per heavy atom. The maximum absolute atomic E-state index is 13.5. The Hall–Kier alpha value is -0.540. The highest BCUT2D eigenvalue weighted by molar-refractivity contribution is 7.99. The molecule has 0 radical (unpaired) electrons. The van der Waals surface area contributed by atoms with Crippen LogP contribution in [0.4, 0.5) is 4.39 Å². The van der Waals surface area contributed by atoms with Gasteiger partial charge in [-0.15, -0.1) is 0 Å². The van der Waals surface area contributed by atoms with E-state index >= 15 is 0 Å². The van der Waals surface area contributed by atoms with Crippen molar-refractivity contribution in [2.24, 2.45) is 0 Å². The summed E-state index contributed by atoms with van der Waals surface area (Å²) in [6, 6.07) is 5.88. The van der Waals surface area contributed by atoms with Gasteiger partial charge in [-0.2, -0.15) is 11.8 Å². The fourth-order valence-electron chi connectivity index (χ4n) is 2.43. The quantitative estimate of drug-likeness (QED) is 0.881. The van der Waals surface area contributed by atoms with E-state index in [2.05, 4.69) is 11.6 Å². The van der Waals surface area contributed by atoms with E-state index in [1.807, 2.05) is 30.8 Å². The zero-order valence-electron chi connectivity index (χ0n) is 10.5. The molecule has 0 heterocycles. The molecule has 2 rings (SSSR count). The summed E-state index contributed by atoms with van der Waals surface area (Å²) >= 11 is 1.95. The van der Waals surface area contributed by atoms with Crippen molar-refractivity contribution in [3.05, 3.63) is 35.1 Å². The van der Waals surface area contributed by atoms with Gasteiger partial charge >= 0.3 is 0 Å². The lowest BCUT2D eigenvalue weighted by atomic mass is 10.1. The number of nitrogens with one attached hydrogen (secondary N) is 1. The first-order chi connectivity index (χ1) is 8.19. The Morgan fingerprint density at radius 3 is 2.94 bits per heavy atom. The highest BCUT2D eigenvalue weighted by atomic mass is 32.2. The Balaban J connectivity index is 1.88. The fraction of sp³-hybridized carbons (Fsp3) is 0.571. The van der Waals surface area contributed by atoms with Gasteiger partial charge in [0, 0.05) is 23.4 Å². The number of hydrogen-bond donors (Lipinski definition) is 1. The molecule has 0 aliphatic heterocycles. The van der Waals surface area contributed by atoms with Crippen LogP contribution in [0.3, 0.4) is 0 Å². The Morgan fingerprint density at radius 2 is 2.24 bits per heavy atom. The smallest absolute Gasteiger partial charge is 0.127 e. The molecule has 1 nitrogen and oxygen atoms in total. The van der Waals surface area contributed by atoms with Crippen molar-refractivity contribution in [2.75, 3.05) is 6.26 Å². The monoisotopic (exact) mass is 253 g/mol. The van der Waals surface area contributed by atoms with E-state index in [0.29, 0.717) is 12.6 Å². The summed E-state index contributed by atoms with van der Waals surface area (Å²) in [6.45, 7) is 2.65. The number of aryl methyl sites for hydroxylation is 1. The first-order valence-corrected chi connectivity index (χ1v) is 7.49. The van der Waals surface area contributed by atoms with Crippen molar-refractivity contribution in [1.29, 1.82) is 0 Å². The van der Waals surface area contributed by atoms with Gasteiger partial charge in [-0.1, -0.05) is 17.7 Å². The summed E-state index contributed by atoms with van der Waals surface area (Å²) in [4.78, 5) is 0. The second-order valence-electron chi connectivity index (χ2n) is 4.84. The van der Waals surface area contributed by atoms with E-state index in [-0.39, 0.29) is 5.82 Å². The zero-order valence-corrected chi connectivity index (χ0v) is 11.3. The van der Waals surface area contributed by atoms with Crippen molar-refractivity contribution in [3.8, 4) is 0 Å². The van der Waals surface area contributed by atoms with Crippen molar-refractivity contribution in [3.63, 3.8) is 0 Å². The second-order valence-corrected chi connectivity index (χ2v) is 5.98. The van der Waals surface area contributed by atoms with E-state index in [0.717, 1.165) is 16.4 Å². The molecule has 0 spiro atoms. The van der Waals surface area contributed by atoms with Crippen LogP contribution in [0.25, 0.3) is 0 Å². The van der Waals surface area contributed by atoms with Crippen molar-refractivity contribution in [1.82, 2.24) is 5.32 Å². The highest BCUT2D eigenvalue weighted by Crippen LogP contribution is 2.28. The van der Waals surface area contributed by atoms with Crippen LogP contribution < -0.4 is 5.32 Å². The molecule has 1 fully saturated rings. The standard InChI is InChI=1S/C14H20FNS/c1-10-3-6-14(15)11(7-10)9-16-12-4-5-13(8-12)17-2/h3,6-7,12-13,16H,4-5,8-9H2,1-2H3. The molecule has 2 atom stereocenters. The summed E-state index contributed by atoms with van der Waals surface area (Å²) < 4.78 is 13.5. The number of rotatable bonds is 4. The molecule has 0 saturated heterocycles. The van der Waals surface area contributed by atoms with Crippen LogP contribution in [0.15, 0.2) is 18.2 Å². The van der Waals surface area contributed by atoms with E-state index in [9.17, 15) is 4.39 Å². The predicted molar refractivity (Wildman–Crippen MR) is 72.9 cm³/mol. The van der Waals surface area contributed by atoms with Crippen LogP contribution in [-0.4, -0.2) is 17.5 Å². The van der Waals surface area contributed by atoms with Gasteiger partial charge < -0.3 is 5.32 Å². The molecular formula is C14H20FNS. The highest BCUT2D eigenvalue weighted by Gasteiger charge is 2.23. The molecule has 1 N–H and O–H groups in total. The molecule has 1 aromatic rings. The summed E-state index contributed by atoms with van der Waals surface area (Å²) in [7, 11) is 0. The normalized spacial score (nSPS) is 24.2. The molecule has 1 aliphatic carbocycles. The maximum Gasteiger partial charge on any atom is 0.127 e. The molecule has 2 unspecified atom stereocenters. The average molecular weight is 253 g/mol. The Labute approximate surface area is 107 Å². The largest absolute Gasteiger partial charge is 0.310 e. The van der Waals surface area contributed by atoms with E-state index in [4.69, 9.17) is 0 Å². The molecule has 3 heteroatoms. The Bertz CT molecular complexity index is 380. The number of halogens is 1. The van der Waals surface area contributed by atoms with Crippen LogP contribution >= 0.6 is 11.8 Å². The number of thioether (sulfide) groups is 1. The molecule has 1 aliphatic rings. The molecule has 1 aromatic carbocycles. The van der Waals surface area contributed by atoms with Gasteiger partial charge in [0.05, 0.1) is 0 Å². The first-order valence-electron chi connectivity index (χ1n) is 6.20. The SMILES string of the molecule is CSC1CCC(NCc2cc(C)ccc2F)C1. The van der Waals surface area contributed by atoms with Gasteiger partial charge in [-0.05, 0) is 38.5 Å². The van der Waals surface area contributed by atoms with Crippen LogP contribution in [-0.2, 0) is 6.54 Å². The van der Waals surface area contributed by atoms with Crippen LogP contribution in [0.1, 0.15) is 30.4 Å². The minimum absolute atomic E-state index is 0.0949. The molecule has 17 heavy (non-hydrogen) atoms. The van der Waals surface area contributed by atoms with Crippen molar-refractivity contribution < 1.29 is 4.39 Å². The van der Waals surface area contributed by atoms with E-state index in [1.54, 1.807) is 6.07 Å². The molecular weight excluding hydrogens is 233 g/mol. The first kappa shape index (κ1) is 12.9. The number of benzene rings is 1. The predicted octanol–water partition coefficient (Wildman–Crippen LogP) is 3.51. The fourth-order valence-corrected chi connectivity index (χ4v) is 3.23. The summed E-state index contributed by atoms with van der Waals surface area (Å²) in [5, 5.41) is 4.26. The molecule has 0 amide bonds. The molecule has 94 valence electrons. The van der Waals surface area contributed by atoms with Gasteiger partial charge in [-0.3, -0.25) is 0 Å². The third kappa shape index (κ3) is 3.46. The third-order valence-corrected chi connectivity index (χ3v) is 4.60. The molecule has 0 aromatic heterocycles. The van der Waals surface area contributed by atoms with Gasteiger partial charge in [0.1, 0.15) is 5.82 Å². The summed E-state index contributed by atoms with van der Waals surface area (Å²) in [5.41, 5.74) is 1.91.